The van der Waals surface area contributed by atoms with Gasteiger partial charge in [-0.25, -0.2) is 4.98 Å². The highest BCUT2D eigenvalue weighted by molar-refractivity contribution is 5.65. The van der Waals surface area contributed by atoms with E-state index in [-0.39, 0.29) is 0 Å². The van der Waals surface area contributed by atoms with Gasteiger partial charge in [-0.15, -0.1) is 0 Å². The Morgan fingerprint density at radius 2 is 2.21 bits per heavy atom. The van der Waals surface area contributed by atoms with E-state index in [0.717, 1.165) is 38.7 Å². The molecule has 1 unspecified atom stereocenters. The first kappa shape index (κ1) is 12.7. The summed E-state index contributed by atoms with van der Waals surface area (Å²) in [6, 6.07) is 4.16. The van der Waals surface area contributed by atoms with Crippen molar-refractivity contribution in [3.05, 3.63) is 18.3 Å². The van der Waals surface area contributed by atoms with Crippen LogP contribution >= 0.6 is 0 Å². The van der Waals surface area contributed by atoms with Crippen LogP contribution in [0.25, 0.3) is 0 Å². The van der Waals surface area contributed by atoms with Gasteiger partial charge in [0.25, 0.3) is 0 Å². The van der Waals surface area contributed by atoms with Gasteiger partial charge in [0.2, 0.25) is 0 Å². The Kier molecular flexibility index (Phi) is 4.18. The number of nitrogens with zero attached hydrogens (tertiary/aromatic N) is 2. The topological polar surface area (TPSA) is 37.4 Å². The van der Waals surface area contributed by atoms with E-state index in [4.69, 9.17) is 4.74 Å². The summed E-state index contributed by atoms with van der Waals surface area (Å²) >= 11 is 0. The van der Waals surface area contributed by atoms with Crippen LogP contribution in [0.1, 0.15) is 25.7 Å². The second kappa shape index (κ2) is 6.24. The smallest absolute Gasteiger partial charge is 0.151 e. The Hall–Kier alpha value is -1.29. The molecule has 0 aliphatic carbocycles. The molecule has 0 saturated carbocycles. The van der Waals surface area contributed by atoms with Crippen molar-refractivity contribution >= 4 is 11.5 Å². The first-order valence-electron chi connectivity index (χ1n) is 7.45. The second-order valence-corrected chi connectivity index (χ2v) is 5.53. The van der Waals surface area contributed by atoms with Crippen molar-refractivity contribution in [1.82, 2.24) is 4.98 Å². The van der Waals surface area contributed by atoms with Crippen LogP contribution in [-0.2, 0) is 4.74 Å². The van der Waals surface area contributed by atoms with Crippen molar-refractivity contribution in [3.8, 4) is 0 Å². The second-order valence-electron chi connectivity index (χ2n) is 5.53. The molecule has 1 aromatic heterocycles. The molecule has 3 rings (SSSR count). The largest absolute Gasteiger partial charge is 0.382 e. The Labute approximate surface area is 115 Å². The lowest BCUT2D eigenvalue weighted by Gasteiger charge is -2.25. The van der Waals surface area contributed by atoms with Gasteiger partial charge in [-0.05, 0) is 43.7 Å². The highest BCUT2D eigenvalue weighted by Gasteiger charge is 2.18. The van der Waals surface area contributed by atoms with Gasteiger partial charge in [0.1, 0.15) is 0 Å². The van der Waals surface area contributed by atoms with E-state index in [2.05, 4.69) is 21.3 Å². The van der Waals surface area contributed by atoms with Crippen molar-refractivity contribution in [3.63, 3.8) is 0 Å². The van der Waals surface area contributed by atoms with Crippen LogP contribution in [0, 0.1) is 5.92 Å². The van der Waals surface area contributed by atoms with Crippen LogP contribution in [0.15, 0.2) is 18.3 Å². The maximum Gasteiger partial charge on any atom is 0.151 e. The zero-order valence-corrected chi connectivity index (χ0v) is 11.5. The lowest BCUT2D eigenvalue weighted by atomic mass is 10.0. The van der Waals surface area contributed by atoms with Crippen LogP contribution in [-0.4, -0.2) is 37.8 Å². The molecule has 0 bridgehead atoms. The highest BCUT2D eigenvalue weighted by atomic mass is 16.5. The van der Waals surface area contributed by atoms with E-state index >= 15 is 0 Å². The maximum atomic E-state index is 5.53. The molecule has 3 heterocycles. The highest BCUT2D eigenvalue weighted by Crippen LogP contribution is 2.26. The Morgan fingerprint density at radius 3 is 3.00 bits per heavy atom. The summed E-state index contributed by atoms with van der Waals surface area (Å²) in [6.07, 6.45) is 6.92. The number of anilines is 2. The van der Waals surface area contributed by atoms with Gasteiger partial charge in [0.15, 0.2) is 5.82 Å². The van der Waals surface area contributed by atoms with E-state index < -0.39 is 0 Å². The third-order valence-electron chi connectivity index (χ3n) is 4.03. The third-order valence-corrected chi connectivity index (χ3v) is 4.03. The molecule has 104 valence electrons. The van der Waals surface area contributed by atoms with Gasteiger partial charge in [-0.2, -0.15) is 0 Å². The van der Waals surface area contributed by atoms with Gasteiger partial charge < -0.3 is 15.0 Å². The maximum absolute atomic E-state index is 5.53. The number of aromatic nitrogens is 1. The van der Waals surface area contributed by atoms with Crippen molar-refractivity contribution in [1.29, 1.82) is 0 Å². The molecule has 0 spiro atoms. The molecule has 1 aromatic rings. The summed E-state index contributed by atoms with van der Waals surface area (Å²) in [5.74, 6) is 1.76. The fraction of sp³-hybridized carbons (Fsp3) is 0.667. The van der Waals surface area contributed by atoms with E-state index in [9.17, 15) is 0 Å². The van der Waals surface area contributed by atoms with Crippen LogP contribution in [0.2, 0.25) is 0 Å². The molecule has 1 N–H and O–H groups in total. The standard InChI is InChI=1S/C15H23N3O/c1-2-9-18(8-1)15-14(6-3-7-16-15)17-11-13-5-4-10-19-12-13/h3,6-7,13,17H,1-2,4-5,8-12H2. The monoisotopic (exact) mass is 261 g/mol. The number of rotatable bonds is 4. The minimum Gasteiger partial charge on any atom is -0.382 e. The molecule has 2 aliphatic rings. The van der Waals surface area contributed by atoms with Crippen molar-refractivity contribution in [2.75, 3.05) is 43.1 Å². The van der Waals surface area contributed by atoms with Gasteiger partial charge in [-0.1, -0.05) is 0 Å². The normalized spacial score (nSPS) is 23.6. The molecule has 2 fully saturated rings. The molecule has 2 aliphatic heterocycles. The number of nitrogens with one attached hydrogen (secondary N) is 1. The van der Waals surface area contributed by atoms with E-state index in [0.29, 0.717) is 5.92 Å². The molecule has 0 radical (unpaired) electrons. The number of ether oxygens (including phenoxy) is 1. The van der Waals surface area contributed by atoms with Crippen molar-refractivity contribution < 1.29 is 4.74 Å². The summed E-state index contributed by atoms with van der Waals surface area (Å²) < 4.78 is 5.53. The van der Waals surface area contributed by atoms with Gasteiger partial charge in [0, 0.05) is 32.4 Å². The van der Waals surface area contributed by atoms with Gasteiger partial charge >= 0.3 is 0 Å². The molecule has 0 amide bonds. The summed E-state index contributed by atoms with van der Waals surface area (Å²) in [6.45, 7) is 5.09. The molecule has 4 nitrogen and oxygen atoms in total. The predicted molar refractivity (Wildman–Crippen MR) is 77.7 cm³/mol. The Morgan fingerprint density at radius 1 is 1.32 bits per heavy atom. The molecule has 1 atom stereocenters. The lowest BCUT2D eigenvalue weighted by Crippen LogP contribution is -2.26. The summed E-state index contributed by atoms with van der Waals surface area (Å²) in [7, 11) is 0. The molecular formula is C15H23N3O. The number of hydrogen-bond donors (Lipinski definition) is 1. The van der Waals surface area contributed by atoms with Crippen molar-refractivity contribution in [2.24, 2.45) is 5.92 Å². The number of hydrogen-bond acceptors (Lipinski definition) is 4. The first-order chi connectivity index (χ1) is 9.43. The summed E-state index contributed by atoms with van der Waals surface area (Å²) in [4.78, 5) is 6.95. The Balaban J connectivity index is 1.62. The van der Waals surface area contributed by atoms with Crippen LogP contribution < -0.4 is 10.2 Å². The van der Waals surface area contributed by atoms with Gasteiger partial charge in [0.05, 0.1) is 12.3 Å². The minimum absolute atomic E-state index is 0.639. The zero-order chi connectivity index (χ0) is 12.9. The lowest BCUT2D eigenvalue weighted by molar-refractivity contribution is 0.0595. The fourth-order valence-electron chi connectivity index (χ4n) is 2.94. The van der Waals surface area contributed by atoms with Crippen molar-refractivity contribution in [2.45, 2.75) is 25.7 Å². The molecule has 0 aromatic carbocycles. The minimum atomic E-state index is 0.639. The van der Waals surface area contributed by atoms with Crippen LogP contribution in [0.4, 0.5) is 11.5 Å². The van der Waals surface area contributed by atoms with Crippen LogP contribution in [0.5, 0.6) is 0 Å². The molecule has 19 heavy (non-hydrogen) atoms. The predicted octanol–water partition coefficient (Wildman–Crippen LogP) is 2.52. The molecule has 4 heteroatoms. The van der Waals surface area contributed by atoms with E-state index in [1.165, 1.54) is 31.4 Å². The zero-order valence-electron chi connectivity index (χ0n) is 11.5. The first-order valence-corrected chi connectivity index (χ1v) is 7.45. The van der Waals surface area contributed by atoms with Crippen LogP contribution in [0.3, 0.4) is 0 Å². The summed E-state index contributed by atoms with van der Waals surface area (Å²) in [5.41, 5.74) is 1.18. The number of pyridine rings is 1. The quantitative estimate of drug-likeness (QED) is 0.903. The van der Waals surface area contributed by atoms with E-state index in [1.54, 1.807) is 0 Å². The molecule has 2 saturated heterocycles. The summed E-state index contributed by atoms with van der Waals surface area (Å²) in [5, 5.41) is 3.58. The van der Waals surface area contributed by atoms with E-state index in [1.807, 2.05) is 12.3 Å². The Bertz CT molecular complexity index is 398. The third kappa shape index (κ3) is 3.18. The average molecular weight is 261 g/mol. The van der Waals surface area contributed by atoms with Gasteiger partial charge in [-0.3, -0.25) is 0 Å². The average Bonchev–Trinajstić information content (AvgIpc) is 3.01. The fourth-order valence-corrected chi connectivity index (χ4v) is 2.94. The SMILES string of the molecule is c1cnc(N2CCCC2)c(NCC2CCCOC2)c1. The molecular weight excluding hydrogens is 238 g/mol.